The average Bonchev–Trinajstić information content (AvgIpc) is 3.33. The summed E-state index contributed by atoms with van der Waals surface area (Å²) in [7, 11) is 1.78. The Morgan fingerprint density at radius 1 is 1.35 bits per heavy atom. The van der Waals surface area contributed by atoms with Crippen molar-refractivity contribution in [1.82, 2.24) is 20.8 Å². The summed E-state index contributed by atoms with van der Waals surface area (Å²) in [6.45, 7) is 6.96. The van der Waals surface area contributed by atoms with Crippen LogP contribution in [0, 0.1) is 6.92 Å². The molecule has 2 heterocycles. The van der Waals surface area contributed by atoms with Crippen molar-refractivity contribution < 1.29 is 4.52 Å². The number of guanidine groups is 1. The monoisotopic (exact) mass is 356 g/mol. The van der Waals surface area contributed by atoms with Crippen molar-refractivity contribution in [2.75, 3.05) is 31.6 Å². The summed E-state index contributed by atoms with van der Waals surface area (Å²) in [4.78, 5) is 11.0. The second-order valence-corrected chi connectivity index (χ2v) is 6.64. The van der Waals surface area contributed by atoms with E-state index in [-0.39, 0.29) is 6.04 Å². The minimum Gasteiger partial charge on any atom is -0.372 e. The van der Waals surface area contributed by atoms with Gasteiger partial charge in [0, 0.05) is 38.8 Å². The number of hydrogen-bond donors (Lipinski definition) is 2. The number of hydrogen-bond acceptors (Lipinski definition) is 5. The summed E-state index contributed by atoms with van der Waals surface area (Å²) in [5.74, 6) is 2.06. The van der Waals surface area contributed by atoms with Gasteiger partial charge in [0.15, 0.2) is 11.8 Å². The smallest absolute Gasteiger partial charge is 0.228 e. The van der Waals surface area contributed by atoms with Gasteiger partial charge in [0.25, 0.3) is 0 Å². The lowest BCUT2D eigenvalue weighted by molar-refractivity contribution is 0.374. The van der Waals surface area contributed by atoms with Crippen molar-refractivity contribution in [2.45, 2.75) is 39.2 Å². The van der Waals surface area contributed by atoms with Gasteiger partial charge in [-0.15, -0.1) is 0 Å². The van der Waals surface area contributed by atoms with Crippen molar-refractivity contribution in [3.8, 4) is 0 Å². The van der Waals surface area contributed by atoms with Gasteiger partial charge in [0.1, 0.15) is 0 Å². The molecule has 2 N–H and O–H groups in total. The zero-order valence-electron chi connectivity index (χ0n) is 15.8. The number of rotatable bonds is 6. The molecular weight excluding hydrogens is 328 g/mol. The molecule has 0 bridgehead atoms. The second kappa shape index (κ2) is 8.69. The molecule has 26 heavy (non-hydrogen) atoms. The van der Waals surface area contributed by atoms with Crippen LogP contribution in [0.3, 0.4) is 0 Å². The Balaban J connectivity index is 1.53. The summed E-state index contributed by atoms with van der Waals surface area (Å²) < 4.78 is 5.13. The molecule has 0 radical (unpaired) electrons. The predicted octanol–water partition coefficient (Wildman–Crippen LogP) is 2.45. The Bertz CT molecular complexity index is 735. The first-order chi connectivity index (χ1) is 12.7. The van der Waals surface area contributed by atoms with Crippen molar-refractivity contribution in [1.29, 1.82) is 0 Å². The van der Waals surface area contributed by atoms with E-state index < -0.39 is 0 Å². The molecule has 0 saturated carbocycles. The molecule has 2 aromatic rings. The van der Waals surface area contributed by atoms with Crippen LogP contribution in [-0.4, -0.2) is 42.8 Å². The van der Waals surface area contributed by atoms with E-state index in [2.05, 4.69) is 61.9 Å². The summed E-state index contributed by atoms with van der Waals surface area (Å²) in [5.41, 5.74) is 2.56. The van der Waals surface area contributed by atoms with Crippen molar-refractivity contribution >= 4 is 11.6 Å². The molecule has 1 fully saturated rings. The molecule has 3 rings (SSSR count). The van der Waals surface area contributed by atoms with Gasteiger partial charge in [0.05, 0.1) is 6.04 Å². The van der Waals surface area contributed by atoms with Crippen molar-refractivity contribution in [2.24, 2.45) is 4.99 Å². The van der Waals surface area contributed by atoms with Crippen LogP contribution in [0.15, 0.2) is 33.8 Å². The molecule has 0 amide bonds. The van der Waals surface area contributed by atoms with Crippen LogP contribution in [0.2, 0.25) is 0 Å². The molecule has 1 aliphatic rings. The minimum absolute atomic E-state index is 0.161. The fourth-order valence-corrected chi connectivity index (χ4v) is 3.18. The fraction of sp³-hybridized carbons (Fsp3) is 0.526. The third kappa shape index (κ3) is 4.74. The summed E-state index contributed by atoms with van der Waals surface area (Å²) in [5, 5.41) is 10.5. The zero-order valence-corrected chi connectivity index (χ0v) is 15.8. The van der Waals surface area contributed by atoms with Crippen LogP contribution in [0.4, 0.5) is 5.69 Å². The maximum Gasteiger partial charge on any atom is 0.228 e. The number of nitrogens with one attached hydrogen (secondary N) is 2. The van der Waals surface area contributed by atoms with Gasteiger partial charge < -0.3 is 20.1 Å². The van der Waals surface area contributed by atoms with E-state index in [4.69, 9.17) is 4.52 Å². The third-order valence-corrected chi connectivity index (χ3v) is 4.62. The average molecular weight is 356 g/mol. The van der Waals surface area contributed by atoms with Gasteiger partial charge in [-0.2, -0.15) is 4.98 Å². The highest BCUT2D eigenvalue weighted by molar-refractivity contribution is 5.80. The molecule has 140 valence electrons. The lowest BCUT2D eigenvalue weighted by Gasteiger charge is -2.22. The quantitative estimate of drug-likeness (QED) is 0.611. The van der Waals surface area contributed by atoms with E-state index in [1.54, 1.807) is 7.05 Å². The molecule has 1 aromatic carbocycles. The molecule has 1 unspecified atom stereocenters. The molecule has 1 aromatic heterocycles. The summed E-state index contributed by atoms with van der Waals surface area (Å²) in [6, 6.07) is 8.92. The first kappa shape index (κ1) is 18.2. The molecular formula is C19H28N6O. The van der Waals surface area contributed by atoms with Crippen LogP contribution in [0.25, 0.3) is 0 Å². The number of aromatic nitrogens is 2. The van der Waals surface area contributed by atoms with Gasteiger partial charge in [-0.25, -0.2) is 0 Å². The number of anilines is 1. The van der Waals surface area contributed by atoms with E-state index in [1.165, 1.54) is 24.1 Å². The first-order valence-corrected chi connectivity index (χ1v) is 9.27. The Morgan fingerprint density at radius 3 is 2.85 bits per heavy atom. The topological polar surface area (TPSA) is 78.6 Å². The van der Waals surface area contributed by atoms with E-state index in [9.17, 15) is 0 Å². The molecule has 7 nitrogen and oxygen atoms in total. The molecule has 1 atom stereocenters. The largest absolute Gasteiger partial charge is 0.372 e. The van der Waals surface area contributed by atoms with Gasteiger partial charge in [-0.1, -0.05) is 17.3 Å². The zero-order chi connectivity index (χ0) is 18.4. The molecule has 0 aliphatic carbocycles. The Kier molecular flexibility index (Phi) is 6.09. The van der Waals surface area contributed by atoms with Crippen molar-refractivity contribution in [3.63, 3.8) is 0 Å². The highest BCUT2D eigenvalue weighted by Crippen LogP contribution is 2.23. The molecule has 1 aliphatic heterocycles. The Hall–Kier alpha value is -2.57. The van der Waals surface area contributed by atoms with Gasteiger partial charge >= 0.3 is 0 Å². The van der Waals surface area contributed by atoms with Gasteiger partial charge in [-0.05, 0) is 44.4 Å². The number of aliphatic imine (C=N–C) groups is 1. The van der Waals surface area contributed by atoms with E-state index >= 15 is 0 Å². The van der Waals surface area contributed by atoms with E-state index in [0.717, 1.165) is 19.0 Å². The third-order valence-electron chi connectivity index (χ3n) is 4.62. The normalized spacial score (nSPS) is 16.0. The van der Waals surface area contributed by atoms with E-state index in [1.807, 2.05) is 6.92 Å². The summed E-state index contributed by atoms with van der Waals surface area (Å²) >= 11 is 0. The van der Waals surface area contributed by atoms with Crippen LogP contribution >= 0.6 is 0 Å². The standard InChI is InChI=1S/C19H28N6O/c1-14(16-7-6-8-17(13-16)25-11-4-5-12-25)22-19(20-3)21-10-9-18-23-15(2)24-26-18/h6-8,13-14H,4-5,9-12H2,1-3H3,(H2,20,21,22). The lowest BCUT2D eigenvalue weighted by Crippen LogP contribution is -2.39. The highest BCUT2D eigenvalue weighted by atomic mass is 16.5. The van der Waals surface area contributed by atoms with Crippen LogP contribution in [-0.2, 0) is 6.42 Å². The second-order valence-electron chi connectivity index (χ2n) is 6.64. The number of benzene rings is 1. The number of aryl methyl sites for hydroxylation is 1. The van der Waals surface area contributed by atoms with Crippen molar-refractivity contribution in [3.05, 3.63) is 41.5 Å². The molecule has 0 spiro atoms. The van der Waals surface area contributed by atoms with Gasteiger partial charge in [0.2, 0.25) is 5.89 Å². The number of nitrogens with zero attached hydrogens (tertiary/aromatic N) is 4. The minimum atomic E-state index is 0.161. The maximum atomic E-state index is 5.13. The Morgan fingerprint density at radius 2 is 2.15 bits per heavy atom. The van der Waals surface area contributed by atoms with E-state index in [0.29, 0.717) is 24.7 Å². The van der Waals surface area contributed by atoms with Gasteiger partial charge in [-0.3, -0.25) is 4.99 Å². The Labute approximate surface area is 154 Å². The SMILES string of the molecule is CN=C(NCCc1nc(C)no1)NC(C)c1cccc(N2CCCC2)c1. The molecule has 7 heteroatoms. The highest BCUT2D eigenvalue weighted by Gasteiger charge is 2.14. The predicted molar refractivity (Wildman–Crippen MR) is 104 cm³/mol. The maximum absolute atomic E-state index is 5.13. The summed E-state index contributed by atoms with van der Waals surface area (Å²) in [6.07, 6.45) is 3.24. The molecule has 1 saturated heterocycles. The van der Waals surface area contributed by atoms with Crippen LogP contribution in [0.5, 0.6) is 0 Å². The fourth-order valence-electron chi connectivity index (χ4n) is 3.18. The first-order valence-electron chi connectivity index (χ1n) is 9.27. The van der Waals surface area contributed by atoms with Crippen LogP contribution < -0.4 is 15.5 Å². The van der Waals surface area contributed by atoms with Crippen LogP contribution in [0.1, 0.15) is 43.1 Å². The lowest BCUT2D eigenvalue weighted by atomic mass is 10.1.